The summed E-state index contributed by atoms with van der Waals surface area (Å²) in [4.78, 5) is 20.5. The largest absolute Gasteiger partial charge is 0.502 e. The molecule has 1 aromatic rings. The van der Waals surface area contributed by atoms with Gasteiger partial charge in [0.15, 0.2) is 5.75 Å². The molecule has 0 aliphatic carbocycles. The molecule has 0 aliphatic rings. The van der Waals surface area contributed by atoms with Crippen LogP contribution < -0.4 is 22.1 Å². The summed E-state index contributed by atoms with van der Waals surface area (Å²) in [5.41, 5.74) is 0.0276. The van der Waals surface area contributed by atoms with Crippen LogP contribution in [0, 0.1) is 0 Å². The van der Waals surface area contributed by atoms with Gasteiger partial charge in [-0.05, 0) is 0 Å². The zero-order valence-electron chi connectivity index (χ0n) is 4.34. The summed E-state index contributed by atoms with van der Waals surface area (Å²) in [6.07, 6.45) is 0. The molecule has 0 atom stereocenters. The fourth-order valence-corrected chi connectivity index (χ4v) is 0.514. The van der Waals surface area contributed by atoms with Gasteiger partial charge in [-0.25, -0.2) is 0 Å². The van der Waals surface area contributed by atoms with Gasteiger partial charge < -0.3 is 10.5 Å². The van der Waals surface area contributed by atoms with Crippen LogP contribution in [0.1, 0.15) is 0 Å². The Balaban J connectivity index is 3.25. The van der Waals surface area contributed by atoms with Crippen LogP contribution in [0.5, 0.6) is 5.75 Å². The van der Waals surface area contributed by atoms with Gasteiger partial charge in [-0.1, -0.05) is 0 Å². The highest BCUT2D eigenvalue weighted by Gasteiger charge is 2.17. The molecular weight excluding hydrogens is 124 g/mol. The quantitative estimate of drug-likeness (QED) is 0.237. The highest BCUT2D eigenvalue weighted by Crippen LogP contribution is 2.11. The third-order valence-electron chi connectivity index (χ3n) is 1.03. The molecule has 0 bridgehead atoms. The number of nitrogens with one attached hydrogen (secondary N) is 1. The summed E-state index contributed by atoms with van der Waals surface area (Å²) < 4.78 is 0. The molecule has 0 aliphatic heterocycles. The van der Waals surface area contributed by atoms with Crippen molar-refractivity contribution in [2.24, 2.45) is 5.84 Å². The molecule has 0 aromatic heterocycles. The fraction of sp³-hybridized carbons (Fsp3) is 0. The number of nitrogen functional groups attached to an aromatic ring is 1. The Morgan fingerprint density at radius 2 is 1.89 bits per heavy atom. The van der Waals surface area contributed by atoms with Crippen molar-refractivity contribution in [3.8, 4) is 5.75 Å². The van der Waals surface area contributed by atoms with Crippen LogP contribution in [-0.2, 0) is 0 Å². The molecule has 0 fully saturated rings. The van der Waals surface area contributed by atoms with Gasteiger partial charge in [-0.2, -0.15) is 0 Å². The topological polar surface area (TPSA) is 92.4 Å². The SMILES string of the molecule is NNc1c(O)c(=O)c1=O. The van der Waals surface area contributed by atoms with E-state index in [4.69, 9.17) is 10.9 Å². The van der Waals surface area contributed by atoms with E-state index < -0.39 is 16.6 Å². The van der Waals surface area contributed by atoms with Gasteiger partial charge in [0.05, 0.1) is 0 Å². The third-order valence-corrected chi connectivity index (χ3v) is 1.03. The van der Waals surface area contributed by atoms with Crippen LogP contribution >= 0.6 is 0 Å². The highest BCUT2D eigenvalue weighted by molar-refractivity contribution is 5.59. The Labute approximate surface area is 49.4 Å². The first-order valence-electron chi connectivity index (χ1n) is 2.17. The lowest BCUT2D eigenvalue weighted by molar-refractivity contribution is 0.465. The van der Waals surface area contributed by atoms with Gasteiger partial charge in [0.2, 0.25) is 0 Å². The first kappa shape index (κ1) is 5.77. The van der Waals surface area contributed by atoms with Crippen molar-refractivity contribution in [3.05, 3.63) is 20.4 Å². The Morgan fingerprint density at radius 1 is 1.33 bits per heavy atom. The Bertz CT molecular complexity index is 296. The van der Waals surface area contributed by atoms with Crippen molar-refractivity contribution in [2.45, 2.75) is 0 Å². The number of hydrazine groups is 1. The minimum atomic E-state index is -0.886. The molecular formula is C4H4N2O3. The second-order valence-electron chi connectivity index (χ2n) is 1.53. The molecule has 1 aromatic carbocycles. The molecule has 9 heavy (non-hydrogen) atoms. The third kappa shape index (κ3) is 0.516. The summed E-state index contributed by atoms with van der Waals surface area (Å²) in [5, 5.41) is 8.51. The molecule has 0 amide bonds. The number of rotatable bonds is 1. The van der Waals surface area contributed by atoms with Crippen molar-refractivity contribution < 1.29 is 5.11 Å². The lowest BCUT2D eigenvalue weighted by Gasteiger charge is -2.01. The van der Waals surface area contributed by atoms with Crippen LogP contribution in [0.4, 0.5) is 5.69 Å². The van der Waals surface area contributed by atoms with Crippen molar-refractivity contribution >= 4 is 5.69 Å². The zero-order valence-corrected chi connectivity index (χ0v) is 4.34. The van der Waals surface area contributed by atoms with E-state index in [2.05, 4.69) is 0 Å². The average molecular weight is 128 g/mol. The number of nitrogens with two attached hydrogens (primary N) is 1. The normalized spacial score (nSPS) is 9.89. The molecule has 5 heteroatoms. The van der Waals surface area contributed by atoms with E-state index in [-0.39, 0.29) is 5.69 Å². The molecule has 0 heterocycles. The monoisotopic (exact) mass is 128 g/mol. The molecule has 0 saturated carbocycles. The highest BCUT2D eigenvalue weighted by atomic mass is 16.3. The van der Waals surface area contributed by atoms with Crippen LogP contribution in [0.2, 0.25) is 0 Å². The van der Waals surface area contributed by atoms with Crippen molar-refractivity contribution in [3.63, 3.8) is 0 Å². The molecule has 0 spiro atoms. The summed E-state index contributed by atoms with van der Waals surface area (Å²) in [7, 11) is 0. The maximum atomic E-state index is 10.3. The molecule has 0 unspecified atom stereocenters. The Hall–Kier alpha value is -1.36. The summed E-state index contributed by atoms with van der Waals surface area (Å²) in [6.45, 7) is 0. The lowest BCUT2D eigenvalue weighted by Crippen LogP contribution is -2.35. The zero-order chi connectivity index (χ0) is 7.02. The number of hydrogen-bond donors (Lipinski definition) is 3. The van der Waals surface area contributed by atoms with E-state index in [1.807, 2.05) is 5.43 Å². The smallest absolute Gasteiger partial charge is 0.271 e. The maximum Gasteiger partial charge on any atom is 0.271 e. The number of aromatic hydroxyl groups is 1. The van der Waals surface area contributed by atoms with Crippen LogP contribution in [-0.4, -0.2) is 5.11 Å². The van der Waals surface area contributed by atoms with Crippen LogP contribution in [0.3, 0.4) is 0 Å². The summed E-state index contributed by atoms with van der Waals surface area (Å²) >= 11 is 0. The van der Waals surface area contributed by atoms with E-state index in [1.54, 1.807) is 0 Å². The minimum absolute atomic E-state index is 0.208. The maximum absolute atomic E-state index is 10.3. The van der Waals surface area contributed by atoms with Crippen molar-refractivity contribution in [1.29, 1.82) is 0 Å². The van der Waals surface area contributed by atoms with E-state index >= 15 is 0 Å². The van der Waals surface area contributed by atoms with Gasteiger partial charge in [0.25, 0.3) is 10.9 Å². The lowest BCUT2D eigenvalue weighted by atomic mass is 10.2. The van der Waals surface area contributed by atoms with Crippen molar-refractivity contribution in [2.75, 3.05) is 5.43 Å². The fourth-order valence-electron chi connectivity index (χ4n) is 0.514. The first-order chi connectivity index (χ1) is 4.18. The molecule has 48 valence electrons. The van der Waals surface area contributed by atoms with Crippen molar-refractivity contribution in [1.82, 2.24) is 0 Å². The van der Waals surface area contributed by atoms with E-state index in [9.17, 15) is 9.59 Å². The molecule has 0 saturated heterocycles. The Kier molecular flexibility index (Phi) is 1.000. The van der Waals surface area contributed by atoms with Crippen LogP contribution in [0.15, 0.2) is 9.59 Å². The molecule has 4 N–H and O–H groups in total. The van der Waals surface area contributed by atoms with E-state index in [0.29, 0.717) is 0 Å². The Morgan fingerprint density at radius 3 is 2.11 bits per heavy atom. The average Bonchev–Trinajstić information content (AvgIpc) is 1.89. The second-order valence-corrected chi connectivity index (χ2v) is 1.53. The standard InChI is InChI=1S/C4H4N2O3/c5-6-1-2(7)4(9)3(1)8/h6-7H,5H2. The summed E-state index contributed by atoms with van der Waals surface area (Å²) in [6, 6.07) is 0. The number of hydrogen-bond acceptors (Lipinski definition) is 5. The predicted octanol–water partition coefficient (Wildman–Crippen LogP) is -1.73. The van der Waals surface area contributed by atoms with Gasteiger partial charge in [-0.3, -0.25) is 15.4 Å². The minimum Gasteiger partial charge on any atom is -0.502 e. The van der Waals surface area contributed by atoms with Gasteiger partial charge >= 0.3 is 0 Å². The molecule has 0 radical (unpaired) electrons. The second kappa shape index (κ2) is 1.56. The molecule has 5 nitrogen and oxygen atoms in total. The van der Waals surface area contributed by atoms with Crippen LogP contribution in [0.25, 0.3) is 0 Å². The number of anilines is 1. The summed E-state index contributed by atoms with van der Waals surface area (Å²) in [5.74, 6) is 4.15. The van der Waals surface area contributed by atoms with E-state index in [0.717, 1.165) is 0 Å². The van der Waals surface area contributed by atoms with Gasteiger partial charge in [0.1, 0.15) is 5.69 Å². The van der Waals surface area contributed by atoms with Gasteiger partial charge in [-0.15, -0.1) is 0 Å². The van der Waals surface area contributed by atoms with E-state index in [1.165, 1.54) is 0 Å². The van der Waals surface area contributed by atoms with Gasteiger partial charge in [0, 0.05) is 0 Å². The molecule has 1 rings (SSSR count). The first-order valence-corrected chi connectivity index (χ1v) is 2.17. The predicted molar refractivity (Wildman–Crippen MR) is 30.8 cm³/mol.